The number of nitrogens with zero attached hydrogens (tertiary/aromatic N) is 5. The maximum absolute atomic E-state index is 12.4. The average Bonchev–Trinajstić information content (AvgIpc) is 3.40. The number of carbonyl (C=O) groups excluding carboxylic acids is 1. The average molecular weight is 394 g/mol. The molecule has 0 saturated carbocycles. The van der Waals surface area contributed by atoms with Gasteiger partial charge in [-0.3, -0.25) is 23.7 Å². The minimum atomic E-state index is -0.494. The second kappa shape index (κ2) is 7.23. The summed E-state index contributed by atoms with van der Waals surface area (Å²) in [6, 6.07) is 7.27. The Bertz CT molecular complexity index is 1300. The third-order valence-corrected chi connectivity index (χ3v) is 4.62. The van der Waals surface area contributed by atoms with Crippen LogP contribution < -0.4 is 16.6 Å². The topological polar surface area (TPSA) is 117 Å². The van der Waals surface area contributed by atoms with Crippen LogP contribution in [0.5, 0.6) is 0 Å². The second-order valence-electron chi connectivity index (χ2n) is 6.56. The molecule has 1 N–H and O–H groups in total. The van der Waals surface area contributed by atoms with Gasteiger partial charge in [-0.1, -0.05) is 6.07 Å². The van der Waals surface area contributed by atoms with E-state index in [4.69, 9.17) is 4.42 Å². The van der Waals surface area contributed by atoms with Crippen molar-refractivity contribution >= 4 is 17.1 Å². The summed E-state index contributed by atoms with van der Waals surface area (Å²) in [4.78, 5) is 45.2. The minimum Gasteiger partial charge on any atom is -0.463 e. The molecule has 29 heavy (non-hydrogen) atoms. The Kier molecular flexibility index (Phi) is 4.59. The predicted molar refractivity (Wildman–Crippen MR) is 104 cm³/mol. The zero-order chi connectivity index (χ0) is 20.5. The number of hydrogen-bond donors (Lipinski definition) is 1. The summed E-state index contributed by atoms with van der Waals surface area (Å²) in [7, 11) is 2.92. The zero-order valence-electron chi connectivity index (χ0n) is 15.8. The summed E-state index contributed by atoms with van der Waals surface area (Å²) in [6.07, 6.45) is 4.62. The number of rotatable bonds is 5. The first-order valence-electron chi connectivity index (χ1n) is 8.82. The Hall–Kier alpha value is -3.95. The first-order chi connectivity index (χ1) is 14.0. The standard InChI is InChI=1S/C19H18N6O4/c1-23-17-16(18(27)24(2)19(23)28)25(11-22-17)10-15(26)21-9-12-5-6-13(20-8-12)14-4-3-7-29-14/h3-8,11H,9-10H2,1-2H3,(H,21,26). The molecule has 4 aromatic heterocycles. The number of aryl methyl sites for hydroxylation is 1. The molecule has 0 saturated heterocycles. The molecule has 4 aromatic rings. The number of pyridine rings is 1. The van der Waals surface area contributed by atoms with E-state index in [1.54, 1.807) is 18.5 Å². The predicted octanol–water partition coefficient (Wildman–Crippen LogP) is 0.405. The second-order valence-corrected chi connectivity index (χ2v) is 6.56. The van der Waals surface area contributed by atoms with Crippen molar-refractivity contribution in [2.45, 2.75) is 13.1 Å². The third kappa shape index (κ3) is 3.35. The van der Waals surface area contributed by atoms with Gasteiger partial charge >= 0.3 is 5.69 Å². The Morgan fingerprint density at radius 1 is 1.14 bits per heavy atom. The molecule has 148 valence electrons. The summed E-state index contributed by atoms with van der Waals surface area (Å²) in [6.45, 7) is 0.190. The number of furan rings is 1. The SMILES string of the molecule is Cn1c(=O)c2c(ncn2CC(=O)NCc2ccc(-c3ccco3)nc2)n(C)c1=O. The van der Waals surface area contributed by atoms with Gasteiger partial charge in [0.25, 0.3) is 5.56 Å². The molecular weight excluding hydrogens is 376 g/mol. The van der Waals surface area contributed by atoms with E-state index >= 15 is 0 Å². The molecule has 0 aromatic carbocycles. The number of aromatic nitrogens is 5. The van der Waals surface area contributed by atoms with Crippen LogP contribution in [0.15, 0.2) is 57.1 Å². The molecule has 0 aliphatic heterocycles. The van der Waals surface area contributed by atoms with Crippen molar-refractivity contribution in [2.75, 3.05) is 0 Å². The summed E-state index contributed by atoms with van der Waals surface area (Å²) in [5.41, 5.74) is 1.01. The van der Waals surface area contributed by atoms with E-state index in [2.05, 4.69) is 15.3 Å². The number of carbonyl (C=O) groups is 1. The fourth-order valence-corrected chi connectivity index (χ4v) is 3.03. The lowest BCUT2D eigenvalue weighted by molar-refractivity contribution is -0.121. The number of amides is 1. The molecular formula is C19H18N6O4. The highest BCUT2D eigenvalue weighted by molar-refractivity contribution is 5.78. The number of fused-ring (bicyclic) bond motifs is 1. The van der Waals surface area contributed by atoms with E-state index in [0.29, 0.717) is 11.5 Å². The van der Waals surface area contributed by atoms with Crippen molar-refractivity contribution < 1.29 is 9.21 Å². The van der Waals surface area contributed by atoms with E-state index in [1.807, 2.05) is 18.2 Å². The van der Waals surface area contributed by atoms with Crippen LogP contribution in [0.25, 0.3) is 22.6 Å². The van der Waals surface area contributed by atoms with Crippen LogP contribution in [0, 0.1) is 0 Å². The van der Waals surface area contributed by atoms with E-state index in [-0.39, 0.29) is 30.2 Å². The van der Waals surface area contributed by atoms with Gasteiger partial charge in [0, 0.05) is 26.8 Å². The van der Waals surface area contributed by atoms with Crippen molar-refractivity contribution in [3.8, 4) is 11.5 Å². The molecule has 0 aliphatic carbocycles. The van der Waals surface area contributed by atoms with Crippen LogP contribution in [0.2, 0.25) is 0 Å². The maximum atomic E-state index is 12.4. The Morgan fingerprint density at radius 3 is 2.66 bits per heavy atom. The molecule has 0 aliphatic rings. The lowest BCUT2D eigenvalue weighted by atomic mass is 10.2. The lowest BCUT2D eigenvalue weighted by Gasteiger charge is -2.08. The van der Waals surface area contributed by atoms with E-state index in [0.717, 1.165) is 10.1 Å². The molecule has 10 nitrogen and oxygen atoms in total. The normalized spacial score (nSPS) is 11.1. The highest BCUT2D eigenvalue weighted by atomic mass is 16.3. The molecule has 0 fully saturated rings. The molecule has 4 heterocycles. The van der Waals surface area contributed by atoms with Gasteiger partial charge in [-0.15, -0.1) is 0 Å². The summed E-state index contributed by atoms with van der Waals surface area (Å²) in [5, 5.41) is 2.79. The van der Waals surface area contributed by atoms with Crippen molar-refractivity contribution in [1.82, 2.24) is 29.0 Å². The first-order valence-corrected chi connectivity index (χ1v) is 8.82. The van der Waals surface area contributed by atoms with Crippen LogP contribution in [0.4, 0.5) is 0 Å². The zero-order valence-corrected chi connectivity index (χ0v) is 15.8. The summed E-state index contributed by atoms with van der Waals surface area (Å²) < 4.78 is 9.00. The van der Waals surface area contributed by atoms with Crippen molar-refractivity contribution in [3.63, 3.8) is 0 Å². The van der Waals surface area contributed by atoms with E-state index in [1.165, 1.54) is 29.6 Å². The molecule has 0 unspecified atom stereocenters. The fourth-order valence-electron chi connectivity index (χ4n) is 3.03. The minimum absolute atomic E-state index is 0.0954. The van der Waals surface area contributed by atoms with E-state index < -0.39 is 11.2 Å². The monoisotopic (exact) mass is 394 g/mol. The lowest BCUT2D eigenvalue weighted by Crippen LogP contribution is -2.38. The van der Waals surface area contributed by atoms with Gasteiger partial charge in [-0.2, -0.15) is 0 Å². The largest absolute Gasteiger partial charge is 0.463 e. The molecule has 4 rings (SSSR count). The summed E-state index contributed by atoms with van der Waals surface area (Å²) in [5.74, 6) is 0.374. The number of nitrogens with one attached hydrogen (secondary N) is 1. The van der Waals surface area contributed by atoms with Crippen LogP contribution in [0.3, 0.4) is 0 Å². The third-order valence-electron chi connectivity index (χ3n) is 4.62. The van der Waals surface area contributed by atoms with E-state index in [9.17, 15) is 14.4 Å². The molecule has 0 spiro atoms. The molecule has 0 radical (unpaired) electrons. The number of imidazole rings is 1. The molecule has 0 bridgehead atoms. The van der Waals surface area contributed by atoms with Crippen LogP contribution in [-0.2, 0) is 32.0 Å². The Labute approximate surface area is 164 Å². The fraction of sp³-hybridized carbons (Fsp3) is 0.211. The van der Waals surface area contributed by atoms with Crippen LogP contribution in [-0.4, -0.2) is 29.6 Å². The van der Waals surface area contributed by atoms with Crippen molar-refractivity contribution in [2.24, 2.45) is 14.1 Å². The highest BCUT2D eigenvalue weighted by Gasteiger charge is 2.15. The van der Waals surface area contributed by atoms with Crippen LogP contribution >= 0.6 is 0 Å². The van der Waals surface area contributed by atoms with Crippen molar-refractivity contribution in [1.29, 1.82) is 0 Å². The summed E-state index contributed by atoms with van der Waals surface area (Å²) >= 11 is 0. The van der Waals surface area contributed by atoms with Gasteiger partial charge in [0.2, 0.25) is 5.91 Å². The molecule has 0 atom stereocenters. The highest BCUT2D eigenvalue weighted by Crippen LogP contribution is 2.17. The van der Waals surface area contributed by atoms with Gasteiger partial charge in [-0.05, 0) is 23.8 Å². The van der Waals surface area contributed by atoms with Crippen molar-refractivity contribution in [3.05, 3.63) is 69.5 Å². The van der Waals surface area contributed by atoms with Gasteiger partial charge in [-0.25, -0.2) is 9.78 Å². The Morgan fingerprint density at radius 2 is 1.97 bits per heavy atom. The van der Waals surface area contributed by atoms with Gasteiger partial charge < -0.3 is 14.3 Å². The van der Waals surface area contributed by atoms with Gasteiger partial charge in [0.15, 0.2) is 16.9 Å². The molecule has 1 amide bonds. The smallest absolute Gasteiger partial charge is 0.332 e. The van der Waals surface area contributed by atoms with Gasteiger partial charge in [0.1, 0.15) is 12.2 Å². The van der Waals surface area contributed by atoms with Gasteiger partial charge in [0.05, 0.1) is 12.6 Å². The molecule has 10 heteroatoms. The number of hydrogen-bond acceptors (Lipinski definition) is 6. The first kappa shape index (κ1) is 18.4. The Balaban J connectivity index is 1.47. The quantitative estimate of drug-likeness (QED) is 0.524. The maximum Gasteiger partial charge on any atom is 0.332 e. The van der Waals surface area contributed by atoms with Crippen LogP contribution in [0.1, 0.15) is 5.56 Å².